The van der Waals surface area contributed by atoms with E-state index in [1.165, 1.54) is 38.5 Å². The molecule has 2 fully saturated rings. The molecule has 1 heterocycles. The van der Waals surface area contributed by atoms with Gasteiger partial charge in [0.25, 0.3) is 0 Å². The molecule has 0 aromatic rings. The number of ether oxygens (including phenoxy) is 1. The third kappa shape index (κ3) is 1.66. The molecule has 1 saturated carbocycles. The maximum atomic E-state index is 5.80. The van der Waals surface area contributed by atoms with Gasteiger partial charge in [-0.15, -0.1) is 0 Å². The average molecular weight is 168 g/mol. The molecule has 0 spiro atoms. The third-order valence-electron chi connectivity index (χ3n) is 3.56. The van der Waals surface area contributed by atoms with Gasteiger partial charge in [-0.25, -0.2) is 0 Å². The van der Waals surface area contributed by atoms with Gasteiger partial charge in [0.05, 0.1) is 6.10 Å². The Kier molecular flexibility index (Phi) is 2.69. The molecule has 0 aromatic carbocycles. The van der Waals surface area contributed by atoms with Crippen molar-refractivity contribution in [2.24, 2.45) is 11.8 Å². The molecule has 0 radical (unpaired) electrons. The Balaban J connectivity index is 1.95. The first-order chi connectivity index (χ1) is 5.88. The van der Waals surface area contributed by atoms with Crippen molar-refractivity contribution in [1.29, 1.82) is 0 Å². The predicted molar refractivity (Wildman–Crippen MR) is 50.1 cm³/mol. The van der Waals surface area contributed by atoms with Crippen LogP contribution in [0.25, 0.3) is 0 Å². The topological polar surface area (TPSA) is 9.23 Å². The fourth-order valence-electron chi connectivity index (χ4n) is 2.74. The zero-order valence-electron chi connectivity index (χ0n) is 8.09. The summed E-state index contributed by atoms with van der Waals surface area (Å²) >= 11 is 0. The fraction of sp³-hybridized carbons (Fsp3) is 1.00. The van der Waals surface area contributed by atoms with Gasteiger partial charge in [0.2, 0.25) is 0 Å². The number of hydrogen-bond acceptors (Lipinski definition) is 1. The minimum absolute atomic E-state index is 0.625. The molecule has 70 valence electrons. The van der Waals surface area contributed by atoms with Crippen LogP contribution in [0.1, 0.15) is 45.4 Å². The Morgan fingerprint density at radius 1 is 1.00 bits per heavy atom. The Bertz CT molecular complexity index is 144. The van der Waals surface area contributed by atoms with E-state index in [-0.39, 0.29) is 0 Å². The number of hydrogen-bond donors (Lipinski definition) is 0. The molecular formula is C11H20O. The molecular weight excluding hydrogens is 148 g/mol. The zero-order chi connectivity index (χ0) is 8.39. The Labute approximate surface area is 75.5 Å². The standard InChI is InChI=1S/C11H20O/c1-9-8-12-11-7-5-3-2-4-6-10(9)11/h9-11H,2-8H2,1H3/t9-,10+,11+/m1/s1. The highest BCUT2D eigenvalue weighted by Crippen LogP contribution is 2.35. The SMILES string of the molecule is C[C@@H]1CO[C@H]2CCCCCC[C@@H]12. The van der Waals surface area contributed by atoms with Crippen LogP contribution in [-0.4, -0.2) is 12.7 Å². The van der Waals surface area contributed by atoms with Crippen molar-refractivity contribution in [3.63, 3.8) is 0 Å². The largest absolute Gasteiger partial charge is 0.378 e. The van der Waals surface area contributed by atoms with E-state index in [2.05, 4.69) is 6.92 Å². The van der Waals surface area contributed by atoms with Crippen molar-refractivity contribution in [1.82, 2.24) is 0 Å². The van der Waals surface area contributed by atoms with Crippen molar-refractivity contribution in [3.8, 4) is 0 Å². The average Bonchev–Trinajstić information content (AvgIpc) is 2.31. The minimum atomic E-state index is 0.625. The number of fused-ring (bicyclic) bond motifs is 1. The lowest BCUT2D eigenvalue weighted by molar-refractivity contribution is 0.0750. The van der Waals surface area contributed by atoms with Crippen LogP contribution in [0.15, 0.2) is 0 Å². The second kappa shape index (κ2) is 3.78. The summed E-state index contributed by atoms with van der Waals surface area (Å²) in [5.74, 6) is 1.72. The molecule has 2 aliphatic rings. The van der Waals surface area contributed by atoms with Gasteiger partial charge in [-0.2, -0.15) is 0 Å². The molecule has 0 bridgehead atoms. The van der Waals surface area contributed by atoms with Crippen LogP contribution in [0.2, 0.25) is 0 Å². The van der Waals surface area contributed by atoms with Gasteiger partial charge in [0.1, 0.15) is 0 Å². The van der Waals surface area contributed by atoms with Crippen molar-refractivity contribution in [2.75, 3.05) is 6.61 Å². The van der Waals surface area contributed by atoms with Crippen LogP contribution in [0.5, 0.6) is 0 Å². The van der Waals surface area contributed by atoms with Crippen molar-refractivity contribution >= 4 is 0 Å². The lowest BCUT2D eigenvalue weighted by Crippen LogP contribution is -2.20. The van der Waals surface area contributed by atoms with Gasteiger partial charge in [-0.05, 0) is 24.7 Å². The molecule has 1 heteroatoms. The van der Waals surface area contributed by atoms with E-state index in [9.17, 15) is 0 Å². The summed E-state index contributed by atoms with van der Waals surface area (Å²) in [5.41, 5.74) is 0. The van der Waals surface area contributed by atoms with Gasteiger partial charge in [0, 0.05) is 6.61 Å². The highest BCUT2D eigenvalue weighted by Gasteiger charge is 2.33. The monoisotopic (exact) mass is 168 g/mol. The van der Waals surface area contributed by atoms with E-state index in [1.807, 2.05) is 0 Å². The maximum Gasteiger partial charge on any atom is 0.0606 e. The summed E-state index contributed by atoms with van der Waals surface area (Å²) in [6, 6.07) is 0. The van der Waals surface area contributed by atoms with Gasteiger partial charge < -0.3 is 4.74 Å². The molecule has 3 atom stereocenters. The van der Waals surface area contributed by atoms with Gasteiger partial charge >= 0.3 is 0 Å². The molecule has 2 rings (SSSR count). The van der Waals surface area contributed by atoms with E-state index < -0.39 is 0 Å². The summed E-state index contributed by atoms with van der Waals surface area (Å²) in [7, 11) is 0. The third-order valence-corrected chi connectivity index (χ3v) is 3.56. The van der Waals surface area contributed by atoms with Gasteiger partial charge in [-0.3, -0.25) is 0 Å². The first-order valence-corrected chi connectivity index (χ1v) is 5.49. The second-order valence-corrected chi connectivity index (χ2v) is 4.50. The smallest absolute Gasteiger partial charge is 0.0606 e. The van der Waals surface area contributed by atoms with E-state index in [1.54, 1.807) is 0 Å². The molecule has 1 aliphatic heterocycles. The van der Waals surface area contributed by atoms with Crippen LogP contribution < -0.4 is 0 Å². The molecule has 0 amide bonds. The molecule has 1 nitrogen and oxygen atoms in total. The quantitative estimate of drug-likeness (QED) is 0.540. The van der Waals surface area contributed by atoms with E-state index >= 15 is 0 Å². The van der Waals surface area contributed by atoms with Crippen LogP contribution in [0.4, 0.5) is 0 Å². The maximum absolute atomic E-state index is 5.80. The highest BCUT2D eigenvalue weighted by atomic mass is 16.5. The lowest BCUT2D eigenvalue weighted by Gasteiger charge is -2.23. The van der Waals surface area contributed by atoms with Crippen molar-refractivity contribution in [3.05, 3.63) is 0 Å². The summed E-state index contributed by atoms with van der Waals surface area (Å²) in [5, 5.41) is 0. The van der Waals surface area contributed by atoms with E-state index in [0.717, 1.165) is 18.4 Å². The Morgan fingerprint density at radius 3 is 2.58 bits per heavy atom. The van der Waals surface area contributed by atoms with Gasteiger partial charge in [0.15, 0.2) is 0 Å². The highest BCUT2D eigenvalue weighted by molar-refractivity contribution is 4.82. The van der Waals surface area contributed by atoms with Crippen LogP contribution in [0, 0.1) is 11.8 Å². The summed E-state index contributed by atoms with van der Waals surface area (Å²) in [6.45, 7) is 3.38. The van der Waals surface area contributed by atoms with Crippen LogP contribution in [-0.2, 0) is 4.74 Å². The molecule has 0 unspecified atom stereocenters. The van der Waals surface area contributed by atoms with Gasteiger partial charge in [-0.1, -0.05) is 32.6 Å². The van der Waals surface area contributed by atoms with E-state index in [0.29, 0.717) is 6.10 Å². The molecule has 12 heavy (non-hydrogen) atoms. The van der Waals surface area contributed by atoms with Crippen LogP contribution in [0.3, 0.4) is 0 Å². The van der Waals surface area contributed by atoms with Crippen molar-refractivity contribution in [2.45, 2.75) is 51.6 Å². The van der Waals surface area contributed by atoms with Crippen molar-refractivity contribution < 1.29 is 4.74 Å². The minimum Gasteiger partial charge on any atom is -0.378 e. The fourth-order valence-corrected chi connectivity index (χ4v) is 2.74. The number of rotatable bonds is 0. The predicted octanol–water partition coefficient (Wildman–Crippen LogP) is 2.99. The zero-order valence-corrected chi connectivity index (χ0v) is 8.09. The first-order valence-electron chi connectivity index (χ1n) is 5.49. The normalized spacial score (nSPS) is 43.2. The van der Waals surface area contributed by atoms with E-state index in [4.69, 9.17) is 4.74 Å². The molecule has 0 aromatic heterocycles. The summed E-state index contributed by atoms with van der Waals surface area (Å²) in [4.78, 5) is 0. The molecule has 1 saturated heterocycles. The van der Waals surface area contributed by atoms with Crippen LogP contribution >= 0.6 is 0 Å². The molecule has 1 aliphatic carbocycles. The molecule has 0 N–H and O–H groups in total. The lowest BCUT2D eigenvalue weighted by atomic mass is 9.83. The second-order valence-electron chi connectivity index (χ2n) is 4.50. The summed E-state index contributed by atoms with van der Waals surface area (Å²) in [6.07, 6.45) is 9.10. The Hall–Kier alpha value is -0.0400. The Morgan fingerprint density at radius 2 is 1.75 bits per heavy atom. The first kappa shape index (κ1) is 8.55. The summed E-state index contributed by atoms with van der Waals surface area (Å²) < 4.78 is 5.80.